The molecular weight excluding hydrogens is 486 g/mol. The molecule has 160 valence electrons. The van der Waals surface area contributed by atoms with Crippen LogP contribution >= 0.6 is 46.4 Å². The lowest BCUT2D eigenvalue weighted by molar-refractivity contribution is -0.137. The van der Waals surface area contributed by atoms with Crippen molar-refractivity contribution in [3.8, 4) is 0 Å². The number of aromatic nitrogens is 2. The summed E-state index contributed by atoms with van der Waals surface area (Å²) in [6.07, 6.45) is 2.82. The molecule has 1 amide bonds. The minimum absolute atomic E-state index is 0.118. The number of nitrogens with zero attached hydrogens (tertiary/aromatic N) is 2. The first-order valence-corrected chi connectivity index (χ1v) is 10.3. The van der Waals surface area contributed by atoms with E-state index in [0.717, 1.165) is 5.56 Å². The molecule has 2 aromatic heterocycles. The molecule has 0 saturated carbocycles. The van der Waals surface area contributed by atoms with Gasteiger partial charge in [0.2, 0.25) is 0 Å². The minimum atomic E-state index is -1.05. The fourth-order valence-corrected chi connectivity index (χ4v) is 3.73. The van der Waals surface area contributed by atoms with Gasteiger partial charge in [0.1, 0.15) is 16.3 Å². The summed E-state index contributed by atoms with van der Waals surface area (Å²) in [5, 5.41) is 15.7. The third kappa shape index (κ3) is 6.21. The lowest BCUT2D eigenvalue weighted by atomic mass is 10.1. The molecule has 0 bridgehead atoms. The second kappa shape index (κ2) is 10.2. The standard InChI is InChI=1S/C20H14Cl4N4O3/c21-13-8-25-9-14(22)18(13)19(29)27-11-3-1-10(2-4-11)5-15(20(30)31)26-12-6-16(23)28-17(24)7-12/h1-4,6-9,15H,5H2,(H,26,28)(H,27,29)(H,30,31). The van der Waals surface area contributed by atoms with Gasteiger partial charge in [0, 0.05) is 30.2 Å². The van der Waals surface area contributed by atoms with Gasteiger partial charge in [-0.15, -0.1) is 0 Å². The van der Waals surface area contributed by atoms with Crippen molar-refractivity contribution in [3.63, 3.8) is 0 Å². The van der Waals surface area contributed by atoms with Gasteiger partial charge in [0.25, 0.3) is 5.91 Å². The predicted molar refractivity (Wildman–Crippen MR) is 122 cm³/mol. The Kier molecular flexibility index (Phi) is 7.56. The third-order valence-electron chi connectivity index (χ3n) is 4.13. The number of amides is 1. The van der Waals surface area contributed by atoms with Crippen LogP contribution in [0.25, 0.3) is 0 Å². The number of nitrogens with one attached hydrogen (secondary N) is 2. The van der Waals surface area contributed by atoms with Gasteiger partial charge in [-0.05, 0) is 29.8 Å². The highest BCUT2D eigenvalue weighted by atomic mass is 35.5. The van der Waals surface area contributed by atoms with Crippen molar-refractivity contribution >= 4 is 69.7 Å². The number of carbonyl (C=O) groups is 2. The molecular formula is C20H14Cl4N4O3. The molecule has 1 atom stereocenters. The Balaban J connectivity index is 1.69. The maximum absolute atomic E-state index is 12.4. The van der Waals surface area contributed by atoms with Crippen LogP contribution in [-0.4, -0.2) is 33.0 Å². The second-order valence-corrected chi connectivity index (χ2v) is 7.96. The van der Waals surface area contributed by atoms with E-state index in [1.54, 1.807) is 24.3 Å². The number of rotatable bonds is 7. The normalized spacial score (nSPS) is 11.6. The van der Waals surface area contributed by atoms with Gasteiger partial charge in [-0.25, -0.2) is 9.78 Å². The maximum atomic E-state index is 12.4. The van der Waals surface area contributed by atoms with Gasteiger partial charge < -0.3 is 15.7 Å². The fourth-order valence-electron chi connectivity index (χ4n) is 2.73. The molecule has 2 heterocycles. The molecule has 0 aliphatic carbocycles. The average Bonchev–Trinajstić information content (AvgIpc) is 2.68. The summed E-state index contributed by atoms with van der Waals surface area (Å²) in [7, 11) is 0. The number of carboxylic acids is 1. The Morgan fingerprint density at radius 1 is 0.935 bits per heavy atom. The first kappa shape index (κ1) is 23.1. The van der Waals surface area contributed by atoms with E-state index in [4.69, 9.17) is 46.4 Å². The lowest BCUT2D eigenvalue weighted by Crippen LogP contribution is -2.31. The van der Waals surface area contributed by atoms with Crippen molar-refractivity contribution in [1.82, 2.24) is 9.97 Å². The summed E-state index contributed by atoms with van der Waals surface area (Å²) in [4.78, 5) is 31.8. The van der Waals surface area contributed by atoms with Gasteiger partial charge in [-0.2, -0.15) is 0 Å². The quantitative estimate of drug-likeness (QED) is 0.373. The van der Waals surface area contributed by atoms with Crippen molar-refractivity contribution in [2.75, 3.05) is 10.6 Å². The number of pyridine rings is 2. The molecule has 0 spiro atoms. The van der Waals surface area contributed by atoms with Crippen LogP contribution in [0.15, 0.2) is 48.8 Å². The highest BCUT2D eigenvalue weighted by Crippen LogP contribution is 2.24. The fraction of sp³-hybridized carbons (Fsp3) is 0.100. The summed E-state index contributed by atoms with van der Waals surface area (Å²) in [6, 6.07) is 8.73. The van der Waals surface area contributed by atoms with Crippen LogP contribution in [0.4, 0.5) is 11.4 Å². The molecule has 7 nitrogen and oxygen atoms in total. The second-order valence-electron chi connectivity index (χ2n) is 6.37. The monoisotopic (exact) mass is 498 g/mol. The van der Waals surface area contributed by atoms with Crippen LogP contribution in [0.2, 0.25) is 20.4 Å². The Labute approximate surface area is 197 Å². The van der Waals surface area contributed by atoms with Crippen LogP contribution < -0.4 is 10.6 Å². The summed E-state index contributed by atoms with van der Waals surface area (Å²) in [5.74, 6) is -1.54. The molecule has 31 heavy (non-hydrogen) atoms. The van der Waals surface area contributed by atoms with Crippen LogP contribution in [0, 0.1) is 0 Å². The number of hydrogen-bond donors (Lipinski definition) is 3. The molecule has 1 aromatic carbocycles. The first-order chi connectivity index (χ1) is 14.7. The van der Waals surface area contributed by atoms with E-state index in [1.807, 2.05) is 0 Å². The predicted octanol–water partition coefficient (Wildman–Crippen LogP) is 5.45. The Morgan fingerprint density at radius 2 is 1.52 bits per heavy atom. The number of halogens is 4. The van der Waals surface area contributed by atoms with Gasteiger partial charge in [0.05, 0.1) is 15.6 Å². The number of anilines is 2. The van der Waals surface area contributed by atoms with Crippen molar-refractivity contribution in [3.05, 3.63) is 80.3 Å². The zero-order chi connectivity index (χ0) is 22.5. The molecule has 3 N–H and O–H groups in total. The molecule has 0 radical (unpaired) electrons. The van der Waals surface area contributed by atoms with Crippen molar-refractivity contribution in [1.29, 1.82) is 0 Å². The number of carbonyl (C=O) groups excluding carboxylic acids is 1. The van der Waals surface area contributed by atoms with Crippen molar-refractivity contribution in [2.24, 2.45) is 0 Å². The van der Waals surface area contributed by atoms with Gasteiger partial charge >= 0.3 is 5.97 Å². The van der Waals surface area contributed by atoms with E-state index in [9.17, 15) is 14.7 Å². The zero-order valence-corrected chi connectivity index (χ0v) is 18.6. The number of hydrogen-bond acceptors (Lipinski definition) is 5. The topological polar surface area (TPSA) is 104 Å². The van der Waals surface area contributed by atoms with E-state index < -0.39 is 17.9 Å². The first-order valence-electron chi connectivity index (χ1n) is 8.74. The third-order valence-corrected chi connectivity index (χ3v) is 5.09. The van der Waals surface area contributed by atoms with Crippen molar-refractivity contribution in [2.45, 2.75) is 12.5 Å². The average molecular weight is 500 g/mol. The summed E-state index contributed by atoms with van der Waals surface area (Å²) in [6.45, 7) is 0. The summed E-state index contributed by atoms with van der Waals surface area (Å²) >= 11 is 23.7. The summed E-state index contributed by atoms with van der Waals surface area (Å²) in [5.41, 5.74) is 1.77. The van der Waals surface area contributed by atoms with E-state index in [0.29, 0.717) is 11.4 Å². The lowest BCUT2D eigenvalue weighted by Gasteiger charge is -2.16. The molecule has 3 aromatic rings. The molecule has 0 saturated heterocycles. The van der Waals surface area contributed by atoms with Gasteiger partial charge in [-0.1, -0.05) is 58.5 Å². The maximum Gasteiger partial charge on any atom is 0.326 e. The van der Waals surface area contributed by atoms with Crippen LogP contribution in [0.5, 0.6) is 0 Å². The number of aliphatic carboxylic acids is 1. The minimum Gasteiger partial charge on any atom is -0.480 e. The van der Waals surface area contributed by atoms with E-state index in [-0.39, 0.29) is 32.3 Å². The van der Waals surface area contributed by atoms with E-state index in [2.05, 4.69) is 20.6 Å². The zero-order valence-electron chi connectivity index (χ0n) is 15.6. The molecule has 1 unspecified atom stereocenters. The number of carboxylic acid groups (broad SMARTS) is 1. The molecule has 3 rings (SSSR count). The van der Waals surface area contributed by atoms with E-state index in [1.165, 1.54) is 24.5 Å². The smallest absolute Gasteiger partial charge is 0.326 e. The van der Waals surface area contributed by atoms with E-state index >= 15 is 0 Å². The van der Waals surface area contributed by atoms with Crippen LogP contribution in [-0.2, 0) is 11.2 Å². The molecule has 0 aliphatic rings. The molecule has 0 fully saturated rings. The highest BCUT2D eigenvalue weighted by Gasteiger charge is 2.19. The SMILES string of the molecule is O=C(Nc1ccc(CC(Nc2cc(Cl)nc(Cl)c2)C(=O)O)cc1)c1c(Cl)cncc1Cl. The Hall–Kier alpha value is -2.58. The van der Waals surface area contributed by atoms with Crippen LogP contribution in [0.1, 0.15) is 15.9 Å². The highest BCUT2D eigenvalue weighted by molar-refractivity contribution is 6.40. The molecule has 11 heteroatoms. The van der Waals surface area contributed by atoms with Crippen LogP contribution in [0.3, 0.4) is 0 Å². The largest absolute Gasteiger partial charge is 0.480 e. The Bertz CT molecular complexity index is 1090. The molecule has 0 aliphatic heterocycles. The van der Waals surface area contributed by atoms with Gasteiger partial charge in [-0.3, -0.25) is 9.78 Å². The van der Waals surface area contributed by atoms with Crippen molar-refractivity contribution < 1.29 is 14.7 Å². The Morgan fingerprint density at radius 3 is 2.06 bits per heavy atom. The van der Waals surface area contributed by atoms with Gasteiger partial charge in [0.15, 0.2) is 0 Å². The number of benzene rings is 1. The summed E-state index contributed by atoms with van der Waals surface area (Å²) < 4.78 is 0.